The van der Waals surface area contributed by atoms with Crippen LogP contribution >= 0.6 is 11.8 Å². The van der Waals surface area contributed by atoms with Gasteiger partial charge in [0.25, 0.3) is 0 Å². The van der Waals surface area contributed by atoms with Crippen LogP contribution in [0.15, 0.2) is 40.9 Å². The maximum Gasteiger partial charge on any atom is 0.104 e. The van der Waals surface area contributed by atoms with E-state index in [9.17, 15) is 0 Å². The molecule has 0 atom stereocenters. The average Bonchev–Trinajstić information content (AvgIpc) is 2.35. The van der Waals surface area contributed by atoms with E-state index in [0.29, 0.717) is 0 Å². The third kappa shape index (κ3) is 1.48. The highest BCUT2D eigenvalue weighted by Crippen LogP contribution is 2.32. The first kappa shape index (κ1) is 9.44. The molecule has 0 spiro atoms. The van der Waals surface area contributed by atoms with Crippen molar-refractivity contribution in [3.8, 4) is 6.07 Å². The second kappa shape index (κ2) is 3.66. The highest BCUT2D eigenvalue weighted by Gasteiger charge is 2.12. The summed E-state index contributed by atoms with van der Waals surface area (Å²) in [7, 11) is 0. The van der Waals surface area contributed by atoms with E-state index in [1.807, 2.05) is 30.3 Å². The summed E-state index contributed by atoms with van der Waals surface area (Å²) >= 11 is 1.63. The smallest absolute Gasteiger partial charge is 0.104 e. The monoisotopic (exact) mass is 224 g/mol. The molecule has 1 aromatic carbocycles. The van der Waals surface area contributed by atoms with Gasteiger partial charge >= 0.3 is 0 Å². The van der Waals surface area contributed by atoms with Gasteiger partial charge < -0.3 is 0 Å². The lowest BCUT2D eigenvalue weighted by Crippen LogP contribution is -1.96. The van der Waals surface area contributed by atoms with Crippen molar-refractivity contribution in [1.82, 2.24) is 4.98 Å². The Morgan fingerprint density at radius 1 is 1.31 bits per heavy atom. The van der Waals surface area contributed by atoms with E-state index in [0.717, 1.165) is 32.8 Å². The van der Waals surface area contributed by atoms with E-state index < -0.39 is 0 Å². The van der Waals surface area contributed by atoms with Crippen LogP contribution in [0.2, 0.25) is 0 Å². The first-order chi connectivity index (χ1) is 7.86. The molecule has 3 rings (SSSR count). The molecule has 0 saturated heterocycles. The Morgan fingerprint density at radius 3 is 3.06 bits per heavy atom. The van der Waals surface area contributed by atoms with E-state index >= 15 is 0 Å². The molecule has 0 saturated carbocycles. The minimum atomic E-state index is 0.731. The van der Waals surface area contributed by atoms with Crippen LogP contribution in [-0.2, 0) is 0 Å². The predicted molar refractivity (Wildman–Crippen MR) is 66.1 cm³/mol. The number of aromatic nitrogens is 1. The van der Waals surface area contributed by atoms with E-state index in [2.05, 4.69) is 17.1 Å². The van der Waals surface area contributed by atoms with E-state index in [1.54, 1.807) is 11.8 Å². The zero-order chi connectivity index (χ0) is 11.0. The Morgan fingerprint density at radius 2 is 2.19 bits per heavy atom. The summed E-state index contributed by atoms with van der Waals surface area (Å²) in [5, 5.41) is 11.0. The first-order valence-corrected chi connectivity index (χ1v) is 5.98. The fraction of sp³-hybridized carbons (Fsp3) is 0.0769. The quantitative estimate of drug-likeness (QED) is 0.689. The van der Waals surface area contributed by atoms with Crippen LogP contribution in [0.3, 0.4) is 0 Å². The maximum absolute atomic E-state index is 8.88. The Balaban J connectivity index is 2.26. The Bertz CT molecular complexity index is 638. The molecule has 1 aliphatic heterocycles. The van der Waals surface area contributed by atoms with E-state index in [1.165, 1.54) is 0 Å². The summed E-state index contributed by atoms with van der Waals surface area (Å²) in [5.74, 6) is 0.731. The van der Waals surface area contributed by atoms with Crippen molar-refractivity contribution in [3.05, 3.63) is 41.5 Å². The first-order valence-electron chi connectivity index (χ1n) is 5.00. The topological polar surface area (TPSA) is 36.7 Å². The molecule has 0 unspecified atom stereocenters. The largest absolute Gasteiger partial charge is 0.241 e. The van der Waals surface area contributed by atoms with Gasteiger partial charge in [0.15, 0.2) is 0 Å². The van der Waals surface area contributed by atoms with Gasteiger partial charge in [-0.15, -0.1) is 11.8 Å². The second-order valence-electron chi connectivity index (χ2n) is 3.65. The van der Waals surface area contributed by atoms with Crippen LogP contribution in [0.4, 0.5) is 0 Å². The number of thioether (sulfide) groups is 1. The minimum absolute atomic E-state index is 0.731. The number of pyridine rings is 1. The standard InChI is InChI=1S/C13H8N2S/c14-7-9-5-11-6-10-3-1-2-4-12(10)15-13(11)16-8-9/h1-6H,8H2. The fourth-order valence-electron chi connectivity index (χ4n) is 1.77. The third-order valence-electron chi connectivity index (χ3n) is 2.55. The molecule has 0 aliphatic carbocycles. The molecule has 0 radical (unpaired) electrons. The number of rotatable bonds is 0. The molecule has 76 valence electrons. The second-order valence-corrected chi connectivity index (χ2v) is 4.61. The zero-order valence-electron chi connectivity index (χ0n) is 8.47. The predicted octanol–water partition coefficient (Wildman–Crippen LogP) is 3.25. The van der Waals surface area contributed by atoms with Gasteiger partial charge in [0.05, 0.1) is 11.6 Å². The zero-order valence-corrected chi connectivity index (χ0v) is 9.29. The Kier molecular flexibility index (Phi) is 2.16. The van der Waals surface area contributed by atoms with Gasteiger partial charge in [0.2, 0.25) is 0 Å². The third-order valence-corrected chi connectivity index (χ3v) is 3.61. The highest BCUT2D eigenvalue weighted by molar-refractivity contribution is 7.99. The van der Waals surface area contributed by atoms with Crippen LogP contribution in [0.25, 0.3) is 17.0 Å². The summed E-state index contributed by atoms with van der Waals surface area (Å²) < 4.78 is 0. The molecular formula is C13H8N2S. The van der Waals surface area contributed by atoms with Gasteiger partial charge in [-0.3, -0.25) is 0 Å². The van der Waals surface area contributed by atoms with E-state index in [-0.39, 0.29) is 0 Å². The van der Waals surface area contributed by atoms with Gasteiger partial charge in [-0.1, -0.05) is 18.2 Å². The van der Waals surface area contributed by atoms with Crippen molar-refractivity contribution < 1.29 is 0 Å². The molecule has 0 bridgehead atoms. The fourth-order valence-corrected chi connectivity index (χ4v) is 2.66. The Hall–Kier alpha value is -1.79. The van der Waals surface area contributed by atoms with Crippen molar-refractivity contribution in [1.29, 1.82) is 5.26 Å². The molecule has 0 fully saturated rings. The van der Waals surface area contributed by atoms with Gasteiger partial charge in [-0.25, -0.2) is 4.98 Å². The van der Waals surface area contributed by atoms with Gasteiger partial charge in [-0.05, 0) is 18.2 Å². The van der Waals surface area contributed by atoms with Crippen LogP contribution in [0.1, 0.15) is 5.56 Å². The molecule has 0 N–H and O–H groups in total. The minimum Gasteiger partial charge on any atom is -0.241 e. The lowest BCUT2D eigenvalue weighted by molar-refractivity contribution is 1.16. The normalized spacial score (nSPS) is 14.1. The summed E-state index contributed by atoms with van der Waals surface area (Å²) in [6.45, 7) is 0. The summed E-state index contributed by atoms with van der Waals surface area (Å²) in [5.41, 5.74) is 2.89. The average molecular weight is 224 g/mol. The van der Waals surface area contributed by atoms with Crippen molar-refractivity contribution in [3.63, 3.8) is 0 Å². The number of fused-ring (bicyclic) bond motifs is 2. The Labute approximate surface area is 97.6 Å². The number of nitriles is 1. The lowest BCUT2D eigenvalue weighted by Gasteiger charge is -2.11. The van der Waals surface area contributed by atoms with Crippen LogP contribution in [0.5, 0.6) is 0 Å². The molecule has 2 aromatic rings. The van der Waals surface area contributed by atoms with Crippen molar-refractivity contribution in [2.75, 3.05) is 5.75 Å². The van der Waals surface area contributed by atoms with Crippen LogP contribution < -0.4 is 0 Å². The maximum atomic E-state index is 8.88. The molecule has 1 aliphatic rings. The van der Waals surface area contributed by atoms with E-state index in [4.69, 9.17) is 5.26 Å². The van der Waals surface area contributed by atoms with Gasteiger partial charge in [0.1, 0.15) is 5.03 Å². The number of hydrogen-bond donors (Lipinski definition) is 0. The number of para-hydroxylation sites is 1. The highest BCUT2D eigenvalue weighted by atomic mass is 32.2. The summed E-state index contributed by atoms with van der Waals surface area (Å²) in [6.07, 6.45) is 1.94. The number of hydrogen-bond acceptors (Lipinski definition) is 3. The van der Waals surface area contributed by atoms with Gasteiger partial charge in [-0.2, -0.15) is 5.26 Å². The molecule has 2 heterocycles. The molecular weight excluding hydrogens is 216 g/mol. The summed E-state index contributed by atoms with van der Waals surface area (Å²) in [6, 6.07) is 12.4. The molecule has 3 heteroatoms. The SMILES string of the molecule is N#CC1=Cc2cc3ccccc3nc2SC1. The summed E-state index contributed by atoms with van der Waals surface area (Å²) in [4.78, 5) is 4.59. The molecule has 2 nitrogen and oxygen atoms in total. The number of benzene rings is 1. The van der Waals surface area contributed by atoms with Crippen molar-refractivity contribution in [2.24, 2.45) is 0 Å². The van der Waals surface area contributed by atoms with Crippen molar-refractivity contribution >= 4 is 28.7 Å². The van der Waals surface area contributed by atoms with Gasteiger partial charge in [0, 0.05) is 22.3 Å². The lowest BCUT2D eigenvalue weighted by atomic mass is 10.1. The molecule has 1 aromatic heterocycles. The van der Waals surface area contributed by atoms with Crippen molar-refractivity contribution in [2.45, 2.75) is 5.03 Å². The molecule has 0 amide bonds. The van der Waals surface area contributed by atoms with Crippen LogP contribution in [0, 0.1) is 11.3 Å². The molecule has 16 heavy (non-hydrogen) atoms. The number of nitrogens with zero attached hydrogens (tertiary/aromatic N) is 2. The van der Waals surface area contributed by atoms with Crippen LogP contribution in [-0.4, -0.2) is 10.7 Å².